The Labute approximate surface area is 189 Å². The van der Waals surface area contributed by atoms with Crippen molar-refractivity contribution in [3.05, 3.63) is 48.0 Å². The quantitative estimate of drug-likeness (QED) is 0.234. The summed E-state index contributed by atoms with van der Waals surface area (Å²) >= 11 is 0. The molecule has 0 spiro atoms. The number of aliphatic carboxylic acids is 1. The summed E-state index contributed by atoms with van der Waals surface area (Å²) in [7, 11) is 0. The van der Waals surface area contributed by atoms with Gasteiger partial charge in [0.05, 0.1) is 12.0 Å². The van der Waals surface area contributed by atoms with Crippen LogP contribution in [0.3, 0.4) is 0 Å². The predicted octanol–water partition coefficient (Wildman–Crippen LogP) is 5.50. The molecule has 1 amide bonds. The maximum Gasteiger partial charge on any atom is 0.220 e. The zero-order valence-electron chi connectivity index (χ0n) is 19.5. The van der Waals surface area contributed by atoms with E-state index in [1.165, 1.54) is 57.8 Å². The smallest absolute Gasteiger partial charge is 0.220 e. The maximum absolute atomic E-state index is 12.1. The van der Waals surface area contributed by atoms with Crippen LogP contribution in [0.1, 0.15) is 102 Å². The predicted molar refractivity (Wildman–Crippen MR) is 127 cm³/mol. The van der Waals surface area contributed by atoms with Crippen molar-refractivity contribution in [2.24, 2.45) is 0 Å². The van der Waals surface area contributed by atoms with Crippen molar-refractivity contribution < 1.29 is 14.7 Å². The number of rotatable bonds is 19. The van der Waals surface area contributed by atoms with E-state index in [4.69, 9.17) is 0 Å². The molecule has 0 aliphatic rings. The van der Waals surface area contributed by atoms with E-state index in [0.717, 1.165) is 31.2 Å². The van der Waals surface area contributed by atoms with Crippen LogP contribution in [0.5, 0.6) is 0 Å². The lowest BCUT2D eigenvalue weighted by Crippen LogP contribution is -2.49. The fraction of sp³-hybridized carbons (Fsp3) is 0.630. The topological polar surface area (TPSA) is 69.2 Å². The van der Waals surface area contributed by atoms with E-state index in [2.05, 4.69) is 24.4 Å². The first-order valence-corrected chi connectivity index (χ1v) is 12.3. The largest absolute Gasteiger partial charge is 0.548 e. The average Bonchev–Trinajstić information content (AvgIpc) is 2.76. The maximum atomic E-state index is 12.1. The molecule has 0 heterocycles. The average molecular weight is 429 g/mol. The molecule has 1 aromatic rings. The Morgan fingerprint density at radius 2 is 1.39 bits per heavy atom. The second kappa shape index (κ2) is 18.7. The molecule has 0 bridgehead atoms. The summed E-state index contributed by atoms with van der Waals surface area (Å²) in [4.78, 5) is 23.4. The number of allylic oxidation sites excluding steroid dienone is 2. The van der Waals surface area contributed by atoms with Crippen LogP contribution in [-0.2, 0) is 16.0 Å². The van der Waals surface area contributed by atoms with Gasteiger partial charge in [-0.3, -0.25) is 4.79 Å². The SMILES string of the molecule is CCCCCCCC/C=C\CCCCCCCC(=O)N[C@@H](Cc1ccccc1)C(=O)[O-]. The van der Waals surface area contributed by atoms with Crippen LogP contribution in [-0.4, -0.2) is 17.9 Å². The molecule has 0 radical (unpaired) electrons. The molecule has 174 valence electrons. The van der Waals surface area contributed by atoms with Crippen molar-refractivity contribution in [1.29, 1.82) is 0 Å². The summed E-state index contributed by atoms with van der Waals surface area (Å²) in [6.07, 6.45) is 21.0. The highest BCUT2D eigenvalue weighted by molar-refractivity contribution is 5.82. The van der Waals surface area contributed by atoms with Gasteiger partial charge in [-0.2, -0.15) is 0 Å². The molecule has 0 saturated carbocycles. The monoisotopic (exact) mass is 428 g/mol. The van der Waals surface area contributed by atoms with Gasteiger partial charge in [0, 0.05) is 6.42 Å². The summed E-state index contributed by atoms with van der Waals surface area (Å²) in [5.74, 6) is -1.44. The van der Waals surface area contributed by atoms with Crippen molar-refractivity contribution in [2.75, 3.05) is 0 Å². The molecular formula is C27H42NO3-. The Morgan fingerprint density at radius 3 is 1.97 bits per heavy atom. The molecule has 1 rings (SSSR count). The van der Waals surface area contributed by atoms with E-state index >= 15 is 0 Å². The molecule has 1 atom stereocenters. The third-order valence-corrected chi connectivity index (χ3v) is 5.57. The van der Waals surface area contributed by atoms with Crippen molar-refractivity contribution in [1.82, 2.24) is 5.32 Å². The van der Waals surface area contributed by atoms with E-state index in [1.807, 2.05) is 30.3 Å². The van der Waals surface area contributed by atoms with Crippen molar-refractivity contribution in [3.63, 3.8) is 0 Å². The zero-order chi connectivity index (χ0) is 22.6. The fourth-order valence-corrected chi connectivity index (χ4v) is 3.67. The molecule has 0 unspecified atom stereocenters. The lowest BCUT2D eigenvalue weighted by atomic mass is 10.1. The van der Waals surface area contributed by atoms with Crippen molar-refractivity contribution in [2.45, 2.75) is 109 Å². The highest BCUT2D eigenvalue weighted by Gasteiger charge is 2.13. The van der Waals surface area contributed by atoms with Crippen LogP contribution in [0.15, 0.2) is 42.5 Å². The van der Waals surface area contributed by atoms with Crippen molar-refractivity contribution >= 4 is 11.9 Å². The first kappa shape index (κ1) is 26.9. The highest BCUT2D eigenvalue weighted by atomic mass is 16.4. The van der Waals surface area contributed by atoms with Gasteiger partial charge in [-0.1, -0.05) is 101 Å². The van der Waals surface area contributed by atoms with Crippen LogP contribution in [0, 0.1) is 0 Å². The Balaban J connectivity index is 2.00. The molecule has 4 heteroatoms. The summed E-state index contributed by atoms with van der Waals surface area (Å²) in [6.45, 7) is 2.25. The lowest BCUT2D eigenvalue weighted by Gasteiger charge is -2.20. The van der Waals surface area contributed by atoms with E-state index in [0.29, 0.717) is 6.42 Å². The first-order valence-electron chi connectivity index (χ1n) is 12.3. The molecule has 0 aliphatic carbocycles. The third kappa shape index (κ3) is 15.4. The number of hydrogen-bond acceptors (Lipinski definition) is 3. The number of carboxylic acid groups (broad SMARTS) is 1. The molecule has 1 aromatic carbocycles. The lowest BCUT2D eigenvalue weighted by molar-refractivity contribution is -0.308. The molecule has 0 fully saturated rings. The standard InChI is InChI=1S/C27H43NO3/c1-2-3-4-5-6-7-8-9-10-11-12-13-14-15-19-22-26(29)28-25(27(30)31)23-24-20-17-16-18-21-24/h9-10,16-18,20-21,25H,2-8,11-15,19,22-23H2,1H3,(H,28,29)(H,30,31)/p-1/b10-9-/t25-/m0/s1. The van der Waals surface area contributed by atoms with Crippen LogP contribution in [0.2, 0.25) is 0 Å². The Morgan fingerprint density at radius 1 is 0.839 bits per heavy atom. The van der Waals surface area contributed by atoms with E-state index in [9.17, 15) is 14.7 Å². The number of nitrogens with one attached hydrogen (secondary N) is 1. The number of carboxylic acids is 1. The van der Waals surface area contributed by atoms with Crippen LogP contribution in [0.25, 0.3) is 0 Å². The molecule has 0 saturated heterocycles. The van der Waals surface area contributed by atoms with Gasteiger partial charge in [0.15, 0.2) is 0 Å². The first-order chi connectivity index (χ1) is 15.1. The number of unbranched alkanes of at least 4 members (excludes halogenated alkanes) is 11. The Bertz CT molecular complexity index is 612. The van der Waals surface area contributed by atoms with E-state index in [1.54, 1.807) is 0 Å². The molecule has 4 nitrogen and oxygen atoms in total. The molecule has 31 heavy (non-hydrogen) atoms. The van der Waals surface area contributed by atoms with Crippen LogP contribution >= 0.6 is 0 Å². The molecular weight excluding hydrogens is 386 g/mol. The van der Waals surface area contributed by atoms with Gasteiger partial charge in [-0.05, 0) is 44.1 Å². The van der Waals surface area contributed by atoms with Gasteiger partial charge < -0.3 is 15.2 Å². The van der Waals surface area contributed by atoms with Gasteiger partial charge in [0.2, 0.25) is 5.91 Å². The number of carbonyl (C=O) groups excluding carboxylic acids is 2. The number of benzene rings is 1. The minimum Gasteiger partial charge on any atom is -0.548 e. The van der Waals surface area contributed by atoms with Gasteiger partial charge in [0.25, 0.3) is 0 Å². The third-order valence-electron chi connectivity index (χ3n) is 5.57. The summed E-state index contributed by atoms with van der Waals surface area (Å²) in [6, 6.07) is 8.32. The van der Waals surface area contributed by atoms with Crippen LogP contribution in [0.4, 0.5) is 0 Å². The number of hydrogen-bond donors (Lipinski definition) is 1. The second-order valence-electron chi connectivity index (χ2n) is 8.46. The zero-order valence-corrected chi connectivity index (χ0v) is 19.5. The second-order valence-corrected chi connectivity index (χ2v) is 8.46. The minimum absolute atomic E-state index is 0.206. The van der Waals surface area contributed by atoms with E-state index < -0.39 is 12.0 Å². The van der Waals surface area contributed by atoms with E-state index in [-0.39, 0.29) is 12.3 Å². The van der Waals surface area contributed by atoms with Gasteiger partial charge in [-0.25, -0.2) is 0 Å². The molecule has 0 aliphatic heterocycles. The van der Waals surface area contributed by atoms with Gasteiger partial charge >= 0.3 is 0 Å². The van der Waals surface area contributed by atoms with Gasteiger partial charge in [-0.15, -0.1) is 0 Å². The Kier molecular flexibility index (Phi) is 16.2. The van der Waals surface area contributed by atoms with Crippen LogP contribution < -0.4 is 10.4 Å². The number of carbonyl (C=O) groups is 2. The van der Waals surface area contributed by atoms with Gasteiger partial charge in [0.1, 0.15) is 0 Å². The highest BCUT2D eigenvalue weighted by Crippen LogP contribution is 2.10. The fourth-order valence-electron chi connectivity index (χ4n) is 3.67. The normalized spacial score (nSPS) is 12.2. The summed E-state index contributed by atoms with van der Waals surface area (Å²) in [5, 5.41) is 13.9. The summed E-state index contributed by atoms with van der Waals surface area (Å²) in [5.41, 5.74) is 0.873. The molecule has 1 N–H and O–H groups in total. The molecule has 0 aromatic heterocycles. The minimum atomic E-state index is -1.23. The van der Waals surface area contributed by atoms with Crippen molar-refractivity contribution in [3.8, 4) is 0 Å². The number of amides is 1. The Hall–Kier alpha value is -2.10. The summed E-state index contributed by atoms with van der Waals surface area (Å²) < 4.78 is 0.